The summed E-state index contributed by atoms with van der Waals surface area (Å²) >= 11 is 1.77. The van der Waals surface area contributed by atoms with Gasteiger partial charge in [-0.15, -0.1) is 11.3 Å². The van der Waals surface area contributed by atoms with Gasteiger partial charge in [0, 0.05) is 41.8 Å². The molecule has 0 fully saturated rings. The van der Waals surface area contributed by atoms with Crippen LogP contribution in [-0.4, -0.2) is 23.2 Å². The van der Waals surface area contributed by atoms with Gasteiger partial charge in [0.15, 0.2) is 0 Å². The molecule has 0 radical (unpaired) electrons. The number of hydrogen-bond acceptors (Lipinski definition) is 6. The van der Waals surface area contributed by atoms with Crippen molar-refractivity contribution in [2.24, 2.45) is 0 Å². The minimum absolute atomic E-state index is 0.106. The molecule has 0 bridgehead atoms. The third-order valence-electron chi connectivity index (χ3n) is 3.97. The fraction of sp³-hybridized carbons (Fsp3) is 0.364. The lowest BCUT2D eigenvalue weighted by molar-refractivity contribution is 0.212. The Hall–Kier alpha value is -2.44. The summed E-state index contributed by atoms with van der Waals surface area (Å²) in [4.78, 5) is 10.1. The van der Waals surface area contributed by atoms with Gasteiger partial charge in [-0.1, -0.05) is 45.0 Å². The summed E-state index contributed by atoms with van der Waals surface area (Å²) in [5, 5.41) is 4.61. The predicted molar refractivity (Wildman–Crippen MR) is 113 cm³/mol. The van der Waals surface area contributed by atoms with Crippen molar-refractivity contribution in [2.45, 2.75) is 39.3 Å². The van der Waals surface area contributed by atoms with Crippen molar-refractivity contribution < 1.29 is 9.47 Å². The number of rotatable bonds is 9. The van der Waals surface area contributed by atoms with Crippen molar-refractivity contribution in [3.63, 3.8) is 0 Å². The highest BCUT2D eigenvalue weighted by molar-refractivity contribution is 7.11. The summed E-state index contributed by atoms with van der Waals surface area (Å²) in [6.07, 6.45) is 3.80. The molecule has 2 aromatic heterocycles. The van der Waals surface area contributed by atoms with E-state index >= 15 is 0 Å². The van der Waals surface area contributed by atoms with E-state index in [2.05, 4.69) is 36.1 Å². The first-order chi connectivity index (χ1) is 13.5. The van der Waals surface area contributed by atoms with Crippen LogP contribution in [0.4, 0.5) is 0 Å². The molecule has 0 saturated carbocycles. The van der Waals surface area contributed by atoms with Crippen molar-refractivity contribution in [1.29, 1.82) is 0 Å². The van der Waals surface area contributed by atoms with Gasteiger partial charge >= 0.3 is 0 Å². The summed E-state index contributed by atoms with van der Waals surface area (Å²) in [5.41, 5.74) is 1.22. The Labute approximate surface area is 170 Å². The minimum atomic E-state index is 0.106. The third-order valence-corrected chi connectivity index (χ3v) is 5.39. The van der Waals surface area contributed by atoms with Crippen LogP contribution in [-0.2, 0) is 18.5 Å². The number of ether oxygens (including phenoxy) is 2. The highest BCUT2D eigenvalue weighted by Crippen LogP contribution is 2.26. The van der Waals surface area contributed by atoms with Crippen LogP contribution in [0.2, 0.25) is 0 Å². The van der Waals surface area contributed by atoms with E-state index in [9.17, 15) is 0 Å². The molecule has 0 spiro atoms. The molecule has 0 unspecified atom stereocenters. The van der Waals surface area contributed by atoms with Gasteiger partial charge in [0.05, 0.1) is 5.01 Å². The molecular weight excluding hydrogens is 370 g/mol. The van der Waals surface area contributed by atoms with Crippen molar-refractivity contribution >= 4 is 11.3 Å². The highest BCUT2D eigenvalue weighted by atomic mass is 32.1. The molecule has 3 rings (SSSR count). The molecular formula is C22H27N3O2S. The number of pyridine rings is 1. The van der Waals surface area contributed by atoms with Crippen LogP contribution >= 0.6 is 11.3 Å². The number of nitrogens with zero attached hydrogens (tertiary/aromatic N) is 2. The second-order valence-electron chi connectivity index (χ2n) is 7.50. The lowest BCUT2D eigenvalue weighted by Crippen LogP contribution is -2.12. The molecule has 3 aromatic rings. The standard InChI is InChI=1S/C22H27N3O2S/c1-22(2,3)21-25-16-19(28-21)15-23-13-17-9-10-20(24-14-17)27-12-11-26-18-7-5-4-6-8-18/h4-10,14,16,23H,11-13,15H2,1-3H3. The van der Waals surface area contributed by atoms with Crippen LogP contribution in [0.1, 0.15) is 36.2 Å². The molecule has 1 aromatic carbocycles. The second-order valence-corrected chi connectivity index (χ2v) is 8.62. The Morgan fingerprint density at radius 3 is 2.36 bits per heavy atom. The average molecular weight is 398 g/mol. The van der Waals surface area contributed by atoms with Gasteiger partial charge in [-0.3, -0.25) is 0 Å². The fourth-order valence-electron chi connectivity index (χ4n) is 2.49. The molecule has 0 aliphatic carbocycles. The molecule has 2 heterocycles. The maximum absolute atomic E-state index is 5.63. The number of thiazole rings is 1. The van der Waals surface area contributed by atoms with Crippen LogP contribution in [0, 0.1) is 0 Å². The molecule has 148 valence electrons. The number of aromatic nitrogens is 2. The van der Waals surface area contributed by atoms with E-state index in [1.807, 2.05) is 54.9 Å². The Morgan fingerprint density at radius 2 is 1.68 bits per heavy atom. The molecule has 5 nitrogen and oxygen atoms in total. The maximum Gasteiger partial charge on any atom is 0.213 e. The molecule has 0 amide bonds. The van der Waals surface area contributed by atoms with Crippen LogP contribution in [0.15, 0.2) is 54.9 Å². The average Bonchev–Trinajstić information content (AvgIpc) is 3.17. The fourth-order valence-corrected chi connectivity index (χ4v) is 3.43. The zero-order valence-electron chi connectivity index (χ0n) is 16.6. The second kappa shape index (κ2) is 9.66. The first-order valence-electron chi connectivity index (χ1n) is 9.42. The van der Waals surface area contributed by atoms with Gasteiger partial charge in [-0.2, -0.15) is 0 Å². The SMILES string of the molecule is CC(C)(C)c1ncc(CNCc2ccc(OCCOc3ccccc3)nc2)s1. The van der Waals surface area contributed by atoms with Crippen molar-refractivity contribution in [3.8, 4) is 11.6 Å². The van der Waals surface area contributed by atoms with Crippen LogP contribution in [0.3, 0.4) is 0 Å². The molecule has 0 atom stereocenters. The van der Waals surface area contributed by atoms with Gasteiger partial charge in [-0.25, -0.2) is 9.97 Å². The molecule has 0 aliphatic heterocycles. The van der Waals surface area contributed by atoms with Crippen molar-refractivity contribution in [1.82, 2.24) is 15.3 Å². The third kappa shape index (κ3) is 6.32. The minimum Gasteiger partial charge on any atom is -0.490 e. The Bertz CT molecular complexity index is 842. The van der Waals surface area contributed by atoms with Gasteiger partial charge in [-0.05, 0) is 17.7 Å². The van der Waals surface area contributed by atoms with E-state index in [4.69, 9.17) is 9.47 Å². The number of benzene rings is 1. The van der Waals surface area contributed by atoms with Crippen molar-refractivity contribution in [3.05, 3.63) is 70.3 Å². The quantitative estimate of drug-likeness (QED) is 0.536. The van der Waals surface area contributed by atoms with E-state index in [1.165, 1.54) is 9.88 Å². The van der Waals surface area contributed by atoms with Gasteiger partial charge in [0.2, 0.25) is 5.88 Å². The van der Waals surface area contributed by atoms with E-state index in [1.54, 1.807) is 11.3 Å². The van der Waals surface area contributed by atoms with Crippen LogP contribution in [0.5, 0.6) is 11.6 Å². The summed E-state index contributed by atoms with van der Waals surface area (Å²) in [5.74, 6) is 1.45. The Balaban J connectivity index is 1.36. The molecule has 6 heteroatoms. The van der Waals surface area contributed by atoms with E-state index in [0.717, 1.165) is 24.4 Å². The van der Waals surface area contributed by atoms with Crippen LogP contribution in [0.25, 0.3) is 0 Å². The first kappa shape index (κ1) is 20.3. The van der Waals surface area contributed by atoms with Gasteiger partial charge in [0.25, 0.3) is 0 Å². The maximum atomic E-state index is 5.63. The van der Waals surface area contributed by atoms with Gasteiger partial charge < -0.3 is 14.8 Å². The topological polar surface area (TPSA) is 56.3 Å². The van der Waals surface area contributed by atoms with Crippen LogP contribution < -0.4 is 14.8 Å². The molecule has 0 aliphatic rings. The summed E-state index contributed by atoms with van der Waals surface area (Å²) in [7, 11) is 0. The van der Waals surface area contributed by atoms with E-state index in [0.29, 0.717) is 19.1 Å². The summed E-state index contributed by atoms with van der Waals surface area (Å²) < 4.78 is 11.2. The Morgan fingerprint density at radius 1 is 0.893 bits per heavy atom. The summed E-state index contributed by atoms with van der Waals surface area (Å²) in [6, 6.07) is 13.6. The predicted octanol–water partition coefficient (Wildman–Crippen LogP) is 4.58. The van der Waals surface area contributed by atoms with Gasteiger partial charge in [0.1, 0.15) is 19.0 Å². The number of para-hydroxylation sites is 1. The first-order valence-corrected chi connectivity index (χ1v) is 10.2. The monoisotopic (exact) mass is 397 g/mol. The highest BCUT2D eigenvalue weighted by Gasteiger charge is 2.17. The lowest BCUT2D eigenvalue weighted by Gasteiger charge is -2.13. The zero-order valence-corrected chi connectivity index (χ0v) is 17.5. The normalized spacial score (nSPS) is 11.4. The zero-order chi connectivity index (χ0) is 19.8. The van der Waals surface area contributed by atoms with E-state index in [-0.39, 0.29) is 5.41 Å². The smallest absolute Gasteiger partial charge is 0.213 e. The number of hydrogen-bond donors (Lipinski definition) is 1. The van der Waals surface area contributed by atoms with E-state index < -0.39 is 0 Å². The molecule has 1 N–H and O–H groups in total. The molecule has 28 heavy (non-hydrogen) atoms. The Kier molecular flexibility index (Phi) is 7.01. The molecule has 0 saturated heterocycles. The number of nitrogens with one attached hydrogen (secondary N) is 1. The van der Waals surface area contributed by atoms with Crippen molar-refractivity contribution in [2.75, 3.05) is 13.2 Å². The summed E-state index contributed by atoms with van der Waals surface area (Å²) in [6.45, 7) is 9.07. The lowest BCUT2D eigenvalue weighted by atomic mass is 9.98. The largest absolute Gasteiger partial charge is 0.490 e.